The van der Waals surface area contributed by atoms with Gasteiger partial charge in [0.15, 0.2) is 0 Å². The van der Waals surface area contributed by atoms with Crippen LogP contribution in [0.3, 0.4) is 0 Å². The van der Waals surface area contributed by atoms with E-state index in [2.05, 4.69) is 40.8 Å². The van der Waals surface area contributed by atoms with Crippen LogP contribution < -0.4 is 10.6 Å². The van der Waals surface area contributed by atoms with Crippen LogP contribution in [0, 0.1) is 0 Å². The zero-order valence-electron chi connectivity index (χ0n) is 11.7. The third kappa shape index (κ3) is 5.00. The number of carbonyl (C=O) groups is 1. The summed E-state index contributed by atoms with van der Waals surface area (Å²) in [5.74, 6) is 0.889. The number of nitrogens with one attached hydrogen (secondary N) is 2. The second kappa shape index (κ2) is 6.13. The highest BCUT2D eigenvalue weighted by Gasteiger charge is 2.19. The predicted molar refractivity (Wildman–Crippen MR) is 75.0 cm³/mol. The van der Waals surface area contributed by atoms with Crippen molar-refractivity contribution in [3.63, 3.8) is 0 Å². The van der Waals surface area contributed by atoms with Gasteiger partial charge in [0.1, 0.15) is 5.82 Å². The highest BCUT2D eigenvalue weighted by Crippen LogP contribution is 2.22. The Bertz CT molecular complexity index is 395. The monoisotopic (exact) mass is 270 g/mol. The molecule has 0 aliphatic carbocycles. The van der Waals surface area contributed by atoms with Crippen molar-refractivity contribution in [1.29, 1.82) is 0 Å². The van der Waals surface area contributed by atoms with E-state index in [9.17, 15) is 4.79 Å². The Balaban J connectivity index is 2.36. The van der Waals surface area contributed by atoms with Gasteiger partial charge in [0.2, 0.25) is 11.0 Å². The van der Waals surface area contributed by atoms with Crippen molar-refractivity contribution < 1.29 is 4.79 Å². The summed E-state index contributed by atoms with van der Waals surface area (Å²) < 4.78 is 4.30. The molecule has 0 spiro atoms. The largest absolute Gasteiger partial charge is 0.360 e. The number of carbonyl (C=O) groups excluding carboxylic acids is 1. The predicted octanol–water partition coefficient (Wildman–Crippen LogP) is 2.16. The van der Waals surface area contributed by atoms with Crippen LogP contribution in [-0.4, -0.2) is 27.9 Å². The number of anilines is 1. The zero-order chi connectivity index (χ0) is 13.8. The molecule has 0 unspecified atom stereocenters. The van der Waals surface area contributed by atoms with Crippen LogP contribution in [0.2, 0.25) is 0 Å². The van der Waals surface area contributed by atoms with Crippen molar-refractivity contribution in [1.82, 2.24) is 14.7 Å². The van der Waals surface area contributed by atoms with Crippen LogP contribution >= 0.6 is 11.5 Å². The second-order valence-electron chi connectivity index (χ2n) is 5.57. The summed E-state index contributed by atoms with van der Waals surface area (Å²) in [5, 5.41) is 6.75. The van der Waals surface area contributed by atoms with Crippen molar-refractivity contribution in [2.45, 2.75) is 52.5 Å². The molecule has 0 aliphatic heterocycles. The molecule has 1 aromatic rings. The first-order valence-electron chi connectivity index (χ1n) is 6.16. The minimum atomic E-state index is -0.0363. The summed E-state index contributed by atoms with van der Waals surface area (Å²) in [6.45, 7) is 10.7. The summed E-state index contributed by atoms with van der Waals surface area (Å²) in [7, 11) is 0. The van der Waals surface area contributed by atoms with E-state index in [-0.39, 0.29) is 17.4 Å². The normalized spacial score (nSPS) is 11.7. The molecular formula is C12H22N4OS. The highest BCUT2D eigenvalue weighted by molar-refractivity contribution is 7.09. The Morgan fingerprint density at radius 2 is 2.06 bits per heavy atom. The van der Waals surface area contributed by atoms with Crippen LogP contribution in [0.1, 0.15) is 46.9 Å². The molecule has 0 radical (unpaired) electrons. The van der Waals surface area contributed by atoms with Crippen LogP contribution in [0.15, 0.2) is 0 Å². The van der Waals surface area contributed by atoms with Gasteiger partial charge in [0, 0.05) is 36.0 Å². The lowest BCUT2D eigenvalue weighted by Crippen LogP contribution is -2.31. The van der Waals surface area contributed by atoms with Crippen molar-refractivity contribution in [2.75, 3.05) is 11.9 Å². The van der Waals surface area contributed by atoms with E-state index in [4.69, 9.17) is 0 Å². The average molecular weight is 270 g/mol. The Morgan fingerprint density at radius 1 is 1.39 bits per heavy atom. The third-order valence-electron chi connectivity index (χ3n) is 2.17. The van der Waals surface area contributed by atoms with Gasteiger partial charge in [0.05, 0.1) is 0 Å². The maximum Gasteiger partial charge on any atom is 0.221 e. The van der Waals surface area contributed by atoms with Crippen molar-refractivity contribution in [2.24, 2.45) is 0 Å². The van der Waals surface area contributed by atoms with E-state index in [0.717, 1.165) is 11.0 Å². The molecule has 18 heavy (non-hydrogen) atoms. The molecular weight excluding hydrogens is 248 g/mol. The quantitative estimate of drug-likeness (QED) is 0.860. The number of aromatic nitrogens is 2. The number of rotatable bonds is 5. The molecule has 2 N–H and O–H groups in total. The minimum absolute atomic E-state index is 0.0363. The standard InChI is InChI=1S/C12H22N4OS/c1-8(2)14-9(17)6-7-13-11-15-10(16-18-11)12(3,4)5/h8H,6-7H2,1-5H3,(H,14,17)(H,13,15,16). The van der Waals surface area contributed by atoms with E-state index < -0.39 is 0 Å². The summed E-state index contributed by atoms with van der Waals surface area (Å²) in [6.07, 6.45) is 0.447. The van der Waals surface area contributed by atoms with Gasteiger partial charge in [-0.3, -0.25) is 4.79 Å². The topological polar surface area (TPSA) is 66.9 Å². The lowest BCUT2D eigenvalue weighted by Gasteiger charge is -2.12. The zero-order valence-corrected chi connectivity index (χ0v) is 12.5. The first-order valence-corrected chi connectivity index (χ1v) is 6.94. The van der Waals surface area contributed by atoms with E-state index in [1.54, 1.807) is 0 Å². The maximum atomic E-state index is 11.4. The highest BCUT2D eigenvalue weighted by atomic mass is 32.1. The summed E-state index contributed by atoms with van der Waals surface area (Å²) in [6, 6.07) is 0.187. The smallest absolute Gasteiger partial charge is 0.221 e. The van der Waals surface area contributed by atoms with Crippen molar-refractivity contribution >= 4 is 22.6 Å². The van der Waals surface area contributed by atoms with Crippen molar-refractivity contribution in [3.05, 3.63) is 5.82 Å². The molecule has 0 saturated carbocycles. The van der Waals surface area contributed by atoms with Crippen LogP contribution in [-0.2, 0) is 10.2 Å². The van der Waals surface area contributed by atoms with Gasteiger partial charge >= 0.3 is 0 Å². The molecule has 1 aromatic heterocycles. The Morgan fingerprint density at radius 3 is 2.56 bits per heavy atom. The Labute approximate surface area is 113 Å². The van der Waals surface area contributed by atoms with Gasteiger partial charge < -0.3 is 10.6 Å². The Hall–Kier alpha value is -1.17. The average Bonchev–Trinajstić information content (AvgIpc) is 2.64. The third-order valence-corrected chi connectivity index (χ3v) is 2.85. The van der Waals surface area contributed by atoms with Crippen LogP contribution in [0.4, 0.5) is 5.13 Å². The molecule has 0 saturated heterocycles. The fourth-order valence-corrected chi connectivity index (χ4v) is 2.06. The molecule has 0 atom stereocenters. The van der Waals surface area contributed by atoms with Gasteiger partial charge in [0.25, 0.3) is 0 Å². The molecule has 0 aromatic carbocycles. The van der Waals surface area contributed by atoms with Crippen molar-refractivity contribution in [3.8, 4) is 0 Å². The van der Waals surface area contributed by atoms with Crippen LogP contribution in [0.25, 0.3) is 0 Å². The molecule has 1 rings (SSSR count). The number of hydrogen-bond acceptors (Lipinski definition) is 5. The van der Waals surface area contributed by atoms with Gasteiger partial charge in [-0.25, -0.2) is 4.98 Å². The molecule has 5 nitrogen and oxygen atoms in total. The van der Waals surface area contributed by atoms with Gasteiger partial charge in [-0.1, -0.05) is 20.8 Å². The lowest BCUT2D eigenvalue weighted by atomic mass is 9.96. The number of hydrogen-bond donors (Lipinski definition) is 2. The summed E-state index contributed by atoms with van der Waals surface area (Å²) in [5.41, 5.74) is -0.0363. The van der Waals surface area contributed by atoms with E-state index in [1.165, 1.54) is 11.5 Å². The summed E-state index contributed by atoms with van der Waals surface area (Å²) >= 11 is 1.34. The van der Waals surface area contributed by atoms with Gasteiger partial charge in [-0.15, -0.1) is 0 Å². The fourth-order valence-electron chi connectivity index (χ4n) is 1.28. The molecule has 102 valence electrons. The molecule has 1 heterocycles. The molecule has 1 amide bonds. The van der Waals surface area contributed by atoms with E-state index in [0.29, 0.717) is 13.0 Å². The summed E-state index contributed by atoms with van der Waals surface area (Å²) in [4.78, 5) is 15.8. The first-order chi connectivity index (χ1) is 8.29. The van der Waals surface area contributed by atoms with Gasteiger partial charge in [-0.2, -0.15) is 4.37 Å². The number of nitrogens with zero attached hydrogens (tertiary/aromatic N) is 2. The SMILES string of the molecule is CC(C)NC(=O)CCNc1nc(C(C)(C)C)ns1. The maximum absolute atomic E-state index is 11.4. The van der Waals surface area contributed by atoms with E-state index in [1.807, 2.05) is 13.8 Å². The Kier molecular flexibility index (Phi) is 5.07. The lowest BCUT2D eigenvalue weighted by molar-refractivity contribution is -0.121. The molecule has 6 heteroatoms. The van der Waals surface area contributed by atoms with Gasteiger partial charge in [-0.05, 0) is 13.8 Å². The first kappa shape index (κ1) is 14.9. The molecule has 0 aliphatic rings. The minimum Gasteiger partial charge on any atom is -0.360 e. The van der Waals surface area contributed by atoms with Crippen LogP contribution in [0.5, 0.6) is 0 Å². The van der Waals surface area contributed by atoms with E-state index >= 15 is 0 Å². The molecule has 0 fully saturated rings. The fraction of sp³-hybridized carbons (Fsp3) is 0.750. The second-order valence-corrected chi connectivity index (χ2v) is 6.32. The molecule has 0 bridgehead atoms. The number of amides is 1.